The molecule has 31 heavy (non-hydrogen) atoms. The number of benzene rings is 2. The molecule has 3 aromatic rings. The summed E-state index contributed by atoms with van der Waals surface area (Å²) in [5, 5.41) is 4.67. The SMILES string of the molecule is COc1ccc(-n2ncc3c2C[C@@H]2CC[C@@H]3N2C(=O)CCc2cccc(OC)c2)cc1. The van der Waals surface area contributed by atoms with E-state index in [-0.39, 0.29) is 18.0 Å². The molecular weight excluding hydrogens is 390 g/mol. The summed E-state index contributed by atoms with van der Waals surface area (Å²) in [6.45, 7) is 0. The number of aryl methyl sites for hydroxylation is 1. The summed E-state index contributed by atoms with van der Waals surface area (Å²) in [5.74, 6) is 1.90. The molecule has 1 amide bonds. The molecule has 5 rings (SSSR count). The van der Waals surface area contributed by atoms with Gasteiger partial charge < -0.3 is 14.4 Å². The molecule has 2 atom stereocenters. The smallest absolute Gasteiger partial charge is 0.223 e. The zero-order chi connectivity index (χ0) is 21.4. The van der Waals surface area contributed by atoms with E-state index >= 15 is 0 Å². The highest BCUT2D eigenvalue weighted by Crippen LogP contribution is 2.44. The Morgan fingerprint density at radius 3 is 2.65 bits per heavy atom. The van der Waals surface area contributed by atoms with Gasteiger partial charge in [-0.05, 0) is 61.2 Å². The second-order valence-electron chi connectivity index (χ2n) is 8.26. The second kappa shape index (κ2) is 8.10. The number of carbonyl (C=O) groups is 1. The summed E-state index contributed by atoms with van der Waals surface area (Å²) in [6, 6.07) is 16.3. The standard InChI is InChI=1S/C25H27N3O3/c1-30-20-10-7-18(8-11-20)28-24-15-19-9-12-23(22(24)16-26-28)27(19)25(29)13-6-17-4-3-5-21(14-17)31-2/h3-5,7-8,10-11,14,16,19,23H,6,9,12-13,15H2,1-2H3/t19-,23-/m0/s1. The zero-order valence-electron chi connectivity index (χ0n) is 18.0. The minimum absolute atomic E-state index is 0.138. The Morgan fingerprint density at radius 1 is 1.06 bits per heavy atom. The van der Waals surface area contributed by atoms with E-state index in [2.05, 4.69) is 16.1 Å². The van der Waals surface area contributed by atoms with Crippen LogP contribution in [0.5, 0.6) is 11.5 Å². The van der Waals surface area contributed by atoms with E-state index in [0.717, 1.165) is 48.4 Å². The van der Waals surface area contributed by atoms with Gasteiger partial charge in [-0.15, -0.1) is 0 Å². The van der Waals surface area contributed by atoms with Crippen LogP contribution in [0.15, 0.2) is 54.7 Å². The zero-order valence-corrected chi connectivity index (χ0v) is 18.0. The van der Waals surface area contributed by atoms with E-state index < -0.39 is 0 Å². The number of amides is 1. The fraction of sp³-hybridized carbons (Fsp3) is 0.360. The Kier molecular flexibility index (Phi) is 5.14. The lowest BCUT2D eigenvalue weighted by Crippen LogP contribution is -2.42. The van der Waals surface area contributed by atoms with Gasteiger partial charge in [-0.2, -0.15) is 5.10 Å². The molecule has 6 heteroatoms. The summed E-state index contributed by atoms with van der Waals surface area (Å²) in [6.07, 6.45) is 6.10. The lowest BCUT2D eigenvalue weighted by atomic mass is 9.98. The Hall–Kier alpha value is -3.28. The van der Waals surface area contributed by atoms with Gasteiger partial charge in [0.25, 0.3) is 0 Å². The molecule has 0 spiro atoms. The van der Waals surface area contributed by atoms with Crippen LogP contribution in [0, 0.1) is 0 Å². The Labute approximate surface area is 182 Å². The number of hydrogen-bond donors (Lipinski definition) is 0. The van der Waals surface area contributed by atoms with Gasteiger partial charge >= 0.3 is 0 Å². The molecule has 2 bridgehead atoms. The first-order chi connectivity index (χ1) is 15.2. The first kappa shape index (κ1) is 19.7. The lowest BCUT2D eigenvalue weighted by molar-refractivity contribution is -0.134. The molecule has 3 heterocycles. The molecule has 0 unspecified atom stereocenters. The summed E-state index contributed by atoms with van der Waals surface area (Å²) >= 11 is 0. The van der Waals surface area contributed by atoms with Gasteiger partial charge in [0.2, 0.25) is 5.91 Å². The molecule has 0 saturated carbocycles. The Balaban J connectivity index is 1.34. The number of ether oxygens (including phenoxy) is 2. The van der Waals surface area contributed by atoms with Crippen molar-refractivity contribution in [1.29, 1.82) is 0 Å². The van der Waals surface area contributed by atoms with Gasteiger partial charge in [-0.1, -0.05) is 12.1 Å². The van der Waals surface area contributed by atoms with E-state index in [9.17, 15) is 4.79 Å². The van der Waals surface area contributed by atoms with Crippen LogP contribution in [0.1, 0.15) is 42.1 Å². The quantitative estimate of drug-likeness (QED) is 0.606. The molecule has 160 valence electrons. The monoisotopic (exact) mass is 417 g/mol. The third kappa shape index (κ3) is 3.56. The normalized spacial score (nSPS) is 19.2. The van der Waals surface area contributed by atoms with Crippen LogP contribution in [0.25, 0.3) is 5.69 Å². The fourth-order valence-corrected chi connectivity index (χ4v) is 5.01. The van der Waals surface area contributed by atoms with E-state index in [1.807, 2.05) is 53.3 Å². The molecule has 2 aliphatic heterocycles. The van der Waals surface area contributed by atoms with Crippen LogP contribution < -0.4 is 9.47 Å². The minimum Gasteiger partial charge on any atom is -0.497 e. The summed E-state index contributed by atoms with van der Waals surface area (Å²) in [4.78, 5) is 15.3. The van der Waals surface area contributed by atoms with Crippen molar-refractivity contribution in [2.45, 2.75) is 44.2 Å². The molecule has 1 aromatic heterocycles. The van der Waals surface area contributed by atoms with Crippen molar-refractivity contribution in [2.24, 2.45) is 0 Å². The van der Waals surface area contributed by atoms with Crippen molar-refractivity contribution >= 4 is 5.91 Å². The van der Waals surface area contributed by atoms with Crippen molar-refractivity contribution in [1.82, 2.24) is 14.7 Å². The maximum atomic E-state index is 13.2. The molecule has 1 saturated heterocycles. The van der Waals surface area contributed by atoms with Gasteiger partial charge in [-0.25, -0.2) is 4.68 Å². The first-order valence-corrected chi connectivity index (χ1v) is 10.8. The summed E-state index contributed by atoms with van der Waals surface area (Å²) < 4.78 is 12.6. The predicted molar refractivity (Wildman–Crippen MR) is 118 cm³/mol. The van der Waals surface area contributed by atoms with Crippen molar-refractivity contribution < 1.29 is 14.3 Å². The van der Waals surface area contributed by atoms with Crippen LogP contribution >= 0.6 is 0 Å². The highest BCUT2D eigenvalue weighted by atomic mass is 16.5. The summed E-state index contributed by atoms with van der Waals surface area (Å²) in [7, 11) is 3.34. The number of rotatable bonds is 6. The molecule has 2 aliphatic rings. The Morgan fingerprint density at radius 2 is 1.87 bits per heavy atom. The number of carbonyl (C=O) groups excluding carboxylic acids is 1. The van der Waals surface area contributed by atoms with Crippen molar-refractivity contribution in [3.05, 3.63) is 71.5 Å². The van der Waals surface area contributed by atoms with E-state index in [1.165, 1.54) is 11.3 Å². The molecule has 2 aromatic carbocycles. The first-order valence-electron chi connectivity index (χ1n) is 10.8. The van der Waals surface area contributed by atoms with Crippen LogP contribution in [0.2, 0.25) is 0 Å². The fourth-order valence-electron chi connectivity index (χ4n) is 5.01. The molecular formula is C25H27N3O3. The van der Waals surface area contributed by atoms with Crippen LogP contribution in [-0.2, 0) is 17.6 Å². The van der Waals surface area contributed by atoms with E-state index in [1.54, 1.807) is 14.2 Å². The average molecular weight is 418 g/mol. The molecule has 0 N–H and O–H groups in total. The van der Waals surface area contributed by atoms with Crippen molar-refractivity contribution in [2.75, 3.05) is 14.2 Å². The number of hydrogen-bond acceptors (Lipinski definition) is 4. The van der Waals surface area contributed by atoms with Crippen molar-refractivity contribution in [3.8, 4) is 17.2 Å². The van der Waals surface area contributed by atoms with Crippen molar-refractivity contribution in [3.63, 3.8) is 0 Å². The maximum Gasteiger partial charge on any atom is 0.223 e. The molecule has 0 aliphatic carbocycles. The maximum absolute atomic E-state index is 13.2. The van der Waals surface area contributed by atoms with Gasteiger partial charge in [0.05, 0.1) is 37.8 Å². The lowest BCUT2D eigenvalue weighted by Gasteiger charge is -2.35. The highest BCUT2D eigenvalue weighted by molar-refractivity contribution is 5.78. The third-order valence-electron chi connectivity index (χ3n) is 6.56. The molecule has 1 fully saturated rings. The van der Waals surface area contributed by atoms with Crippen LogP contribution in [0.4, 0.5) is 0 Å². The second-order valence-corrected chi connectivity index (χ2v) is 8.26. The van der Waals surface area contributed by atoms with Gasteiger partial charge in [0.1, 0.15) is 11.5 Å². The number of fused-ring (bicyclic) bond motifs is 4. The van der Waals surface area contributed by atoms with Crippen LogP contribution in [0.3, 0.4) is 0 Å². The van der Waals surface area contributed by atoms with Gasteiger partial charge in [0, 0.05) is 24.4 Å². The van der Waals surface area contributed by atoms with E-state index in [0.29, 0.717) is 6.42 Å². The number of nitrogens with zero attached hydrogens (tertiary/aromatic N) is 3. The van der Waals surface area contributed by atoms with E-state index in [4.69, 9.17) is 9.47 Å². The number of aromatic nitrogens is 2. The Bertz CT molecular complexity index is 1090. The highest BCUT2D eigenvalue weighted by Gasteiger charge is 2.44. The minimum atomic E-state index is 0.138. The largest absolute Gasteiger partial charge is 0.497 e. The number of methoxy groups -OCH3 is 2. The third-order valence-corrected chi connectivity index (χ3v) is 6.56. The topological polar surface area (TPSA) is 56.6 Å². The summed E-state index contributed by atoms with van der Waals surface area (Å²) in [5.41, 5.74) is 4.58. The molecule has 6 nitrogen and oxygen atoms in total. The van der Waals surface area contributed by atoms with Gasteiger partial charge in [-0.3, -0.25) is 4.79 Å². The predicted octanol–water partition coefficient (Wildman–Crippen LogP) is 4.11. The van der Waals surface area contributed by atoms with Crippen LogP contribution in [-0.4, -0.2) is 40.8 Å². The average Bonchev–Trinajstić information content (AvgIpc) is 3.38. The molecule has 0 radical (unpaired) electrons. The van der Waals surface area contributed by atoms with Gasteiger partial charge in [0.15, 0.2) is 0 Å².